The molecule has 4 aliphatic heterocycles. The number of aliphatic hydroxyl groups excluding tert-OH is 1. The molecule has 0 saturated carbocycles. The van der Waals surface area contributed by atoms with E-state index in [2.05, 4.69) is 0 Å². The van der Waals surface area contributed by atoms with Crippen molar-refractivity contribution < 1.29 is 143 Å². The zero-order valence-corrected chi connectivity index (χ0v) is 78.3. The van der Waals surface area contributed by atoms with Gasteiger partial charge in [0.25, 0.3) is 0 Å². The molecule has 0 aliphatic carbocycles. The van der Waals surface area contributed by atoms with Crippen molar-refractivity contribution in [3.63, 3.8) is 0 Å². The molecule has 4 aliphatic rings. The summed E-state index contributed by atoms with van der Waals surface area (Å²) in [5.74, 6) is -10.0. The highest BCUT2D eigenvalue weighted by atomic mass is 32.2. The van der Waals surface area contributed by atoms with Crippen molar-refractivity contribution in [1.29, 1.82) is 0 Å². The predicted octanol–water partition coefficient (Wildman–Crippen LogP) is 16.1. The van der Waals surface area contributed by atoms with E-state index in [0.29, 0.717) is 16.0 Å². The number of rotatable bonds is 38. The maximum Gasteiger partial charge on any atom is 0.338 e. The molecule has 0 aromatic heterocycles. The van der Waals surface area contributed by atoms with Crippen molar-refractivity contribution in [3.8, 4) is 0 Å². The number of carbonyl (C=O) groups is 10. The fourth-order valence-corrected chi connectivity index (χ4v) is 17.7. The van der Waals surface area contributed by atoms with Gasteiger partial charge in [-0.1, -0.05) is 273 Å². The Bertz CT molecular complexity index is 6410. The second-order valence-electron chi connectivity index (χ2n) is 33.7. The Labute approximate surface area is 837 Å². The predicted molar refractivity (Wildman–Crippen MR) is 518 cm³/mol. The van der Waals surface area contributed by atoms with Crippen LogP contribution in [0.1, 0.15) is 115 Å². The highest BCUT2D eigenvalue weighted by molar-refractivity contribution is 7.99. The average molecular weight is 1980 g/mol. The molecule has 1 N–H and O–H groups in total. The van der Waals surface area contributed by atoms with Crippen LogP contribution in [0.5, 0.6) is 0 Å². The third kappa shape index (κ3) is 26.5. The van der Waals surface area contributed by atoms with E-state index >= 15 is 24.0 Å². The summed E-state index contributed by atoms with van der Waals surface area (Å²) in [7, 11) is 0. The van der Waals surface area contributed by atoms with Gasteiger partial charge in [-0.3, -0.25) is 0 Å². The van der Waals surface area contributed by atoms with Crippen molar-refractivity contribution in [2.45, 2.75) is 140 Å². The van der Waals surface area contributed by atoms with E-state index in [-0.39, 0.29) is 68.8 Å². The molecule has 4 fully saturated rings. The van der Waals surface area contributed by atoms with Gasteiger partial charge >= 0.3 is 59.7 Å². The molecular weight excluding hydrogens is 1880 g/mol. The van der Waals surface area contributed by atoms with Crippen molar-refractivity contribution in [1.82, 2.24) is 0 Å². The summed E-state index contributed by atoms with van der Waals surface area (Å²) >= 11 is 1.08. The van der Waals surface area contributed by atoms with Gasteiger partial charge in [0.15, 0.2) is 73.8 Å². The fourth-order valence-electron chi connectivity index (χ4n) is 16.6. The van der Waals surface area contributed by atoms with E-state index in [1.807, 2.05) is 0 Å². The van der Waals surface area contributed by atoms with Crippen LogP contribution in [-0.2, 0) is 103 Å². The first-order valence-corrected chi connectivity index (χ1v) is 47.6. The van der Waals surface area contributed by atoms with Gasteiger partial charge in [-0.05, 0) is 145 Å². The molecule has 0 bridgehead atoms. The van der Waals surface area contributed by atoms with E-state index in [1.54, 1.807) is 273 Å². The molecule has 13 aromatic carbocycles. The van der Waals surface area contributed by atoms with Crippen LogP contribution in [0.15, 0.2) is 399 Å². The molecule has 4 heterocycles. The SMILES string of the molecule is O=C(OC[C@H]1O[C@H](OC[C@H]2O[C@H](OC[C@H]3O[C@H](OC[C@H]4O[C@H](Sc5ccccc5)[C@@H](OC(=O)c5ccccc5)[C@@H](OC(=O)c5ccccc5)[C@@H]4OC(=O)c4ccccc4)[C@@H](O)[C@@H](OCc4ccccc4)[C@@H]3OCc3ccccc3)[C@@H](OC(=O)c3ccccc3)[C@@H](OC(=O)c3ccccc3)[C@@H]2OC(=O)c2ccccc2)[C@@H](OC(=O)c2ccccc2)[C@@H](OC(=O)c2ccccc2)[C@@H]1OC(=O)c1ccccc1)c1ccccc1. The highest BCUT2D eigenvalue weighted by Gasteiger charge is 2.60. The monoisotopic (exact) mass is 1980 g/mol. The van der Waals surface area contributed by atoms with Crippen LogP contribution < -0.4 is 0 Å². The van der Waals surface area contributed by atoms with Gasteiger partial charge in [0, 0.05) is 4.90 Å². The quantitative estimate of drug-likeness (QED) is 0.0277. The Hall–Kier alpha value is -15.5. The number of esters is 10. The Morgan fingerprint density at radius 3 is 0.724 bits per heavy atom. The lowest BCUT2D eigenvalue weighted by atomic mass is 9.96. The molecule has 0 radical (unpaired) electrons. The molecule has 0 amide bonds. The maximum absolute atomic E-state index is 15.4. The number of hydrogen-bond donors (Lipinski definition) is 1. The van der Waals surface area contributed by atoms with Gasteiger partial charge in [0.05, 0.1) is 88.7 Å². The second kappa shape index (κ2) is 50.0. The van der Waals surface area contributed by atoms with Crippen molar-refractivity contribution >= 4 is 71.5 Å². The smallest absolute Gasteiger partial charge is 0.338 e. The highest BCUT2D eigenvalue weighted by Crippen LogP contribution is 2.42. The molecule has 13 aromatic rings. The van der Waals surface area contributed by atoms with Gasteiger partial charge in [-0.15, -0.1) is 0 Å². The second-order valence-corrected chi connectivity index (χ2v) is 34.9. The van der Waals surface area contributed by atoms with Gasteiger partial charge in [0.2, 0.25) is 0 Å². The van der Waals surface area contributed by atoms with Gasteiger partial charge < -0.3 is 95.1 Å². The summed E-state index contributed by atoms with van der Waals surface area (Å²) in [6.45, 7) is -3.76. The lowest BCUT2D eigenvalue weighted by Crippen LogP contribution is -2.66. The van der Waals surface area contributed by atoms with Crippen LogP contribution in [0, 0.1) is 0 Å². The molecule has 145 heavy (non-hydrogen) atoms. The van der Waals surface area contributed by atoms with Crippen LogP contribution in [0.25, 0.3) is 0 Å². The molecule has 17 rings (SSSR count). The third-order valence-corrected chi connectivity index (χ3v) is 25.0. The maximum atomic E-state index is 15.4. The summed E-state index contributed by atoms with van der Waals surface area (Å²) in [4.78, 5) is 151. The Morgan fingerprint density at radius 2 is 0.421 bits per heavy atom. The topological polar surface area (TPSA) is 366 Å². The van der Waals surface area contributed by atoms with Gasteiger partial charge in [0.1, 0.15) is 54.8 Å². The van der Waals surface area contributed by atoms with Crippen LogP contribution in [0.2, 0.25) is 0 Å². The zero-order valence-electron chi connectivity index (χ0n) is 77.5. The number of carbonyl (C=O) groups excluding carboxylic acids is 10. The Morgan fingerprint density at radius 1 is 0.207 bits per heavy atom. The van der Waals surface area contributed by atoms with Gasteiger partial charge in [-0.2, -0.15) is 0 Å². The minimum absolute atomic E-state index is 0.00618. The third-order valence-electron chi connectivity index (χ3n) is 23.9. The standard InChI is InChI=1S/C114H98O30S/c115-89-94(127-67-73-42-16-2-17-43-73)90(126-66-72-40-14-1-15-41-72)85(132-111(89)129-71-88-93(138-104(119)77-50-24-6-25-51-77)97(141-107(122)80-56-30-9-31-57-80)100(144-110(125)83-62-36-12-37-63-83)114(135-88)145-84-64-38-13-39-65-84)69-130-112-99(143-109(124)82-60-34-11-35-61-82)96(140-106(121)79-54-28-8-29-55-79)92(137-103(118)76-48-22-5-23-49-76)87(134-112)70-131-113-98(142-108(123)81-58-32-10-33-59-81)95(139-105(120)78-52-26-7-27-53-78)91(136-102(117)75-46-20-4-21-47-75)86(133-113)68-128-101(116)74-44-18-3-19-45-74/h1-65,85-100,111-115H,66-71H2/t85-,86-,87-,88-,89+,90-,91-,92-,93-,94-,95+,96+,97+,98+,99+,100+,111+,112+,113+,114-/m1/s1. The number of ether oxygens (including phenoxy) is 19. The zero-order chi connectivity index (χ0) is 100. The molecule has 740 valence electrons. The van der Waals surface area contributed by atoms with E-state index < -0.39 is 208 Å². The van der Waals surface area contributed by atoms with E-state index in [4.69, 9.17) is 90.0 Å². The summed E-state index contributed by atoms with van der Waals surface area (Å²) in [5, 5.41) is 13.4. The molecule has 0 spiro atoms. The first-order chi connectivity index (χ1) is 71.0. The van der Waals surface area contributed by atoms with Crippen LogP contribution >= 0.6 is 11.8 Å². The largest absolute Gasteiger partial charge is 0.459 e. The average Bonchev–Trinajstić information content (AvgIpc) is 0.730. The molecular formula is C114H98O30S. The number of benzene rings is 13. The first kappa shape index (κ1) is 101. The summed E-state index contributed by atoms with van der Waals surface area (Å²) in [5.41, 5.74) is -0.121. The minimum atomic E-state index is -2.13. The lowest BCUT2D eigenvalue weighted by Gasteiger charge is -2.48. The molecule has 4 saturated heterocycles. The van der Waals surface area contributed by atoms with Crippen molar-refractivity contribution in [2.24, 2.45) is 0 Å². The summed E-state index contributed by atoms with van der Waals surface area (Å²) in [6.07, 6.45) is -35.2. The minimum Gasteiger partial charge on any atom is -0.459 e. The number of hydrogen-bond acceptors (Lipinski definition) is 31. The van der Waals surface area contributed by atoms with Gasteiger partial charge in [-0.25, -0.2) is 47.9 Å². The normalized spacial score (nSPS) is 23.7. The van der Waals surface area contributed by atoms with Crippen LogP contribution in [0.4, 0.5) is 0 Å². The number of aliphatic hydroxyl groups is 1. The molecule has 0 unspecified atom stereocenters. The molecule has 20 atom stereocenters. The van der Waals surface area contributed by atoms with Crippen LogP contribution in [-0.4, -0.2) is 213 Å². The molecule has 30 nitrogen and oxygen atoms in total. The van der Waals surface area contributed by atoms with Crippen molar-refractivity contribution in [3.05, 3.63) is 461 Å². The van der Waals surface area contributed by atoms with E-state index in [0.717, 1.165) is 11.8 Å². The first-order valence-electron chi connectivity index (χ1n) is 46.7. The van der Waals surface area contributed by atoms with Crippen LogP contribution in [0.3, 0.4) is 0 Å². The Balaban J connectivity index is 0.785. The van der Waals surface area contributed by atoms with E-state index in [9.17, 15) is 29.1 Å². The van der Waals surface area contributed by atoms with Crippen molar-refractivity contribution in [2.75, 3.05) is 26.4 Å². The van der Waals surface area contributed by atoms with E-state index in [1.165, 1.54) is 121 Å². The molecule has 31 heteroatoms. The number of thioether (sulfide) groups is 1. The Kier molecular flexibility index (Phi) is 34.8. The lowest BCUT2D eigenvalue weighted by molar-refractivity contribution is -0.347. The fraction of sp³-hybridized carbons (Fsp3) is 0.228. The summed E-state index contributed by atoms with van der Waals surface area (Å²) in [6, 6.07) is 104. The summed E-state index contributed by atoms with van der Waals surface area (Å²) < 4.78 is 128.